The van der Waals surface area contributed by atoms with E-state index in [0.29, 0.717) is 5.92 Å². The molecule has 1 amide bonds. The number of nitro groups is 1. The van der Waals surface area contributed by atoms with Gasteiger partial charge in [-0.2, -0.15) is 0 Å². The van der Waals surface area contributed by atoms with Gasteiger partial charge in [0.1, 0.15) is 5.01 Å². The van der Waals surface area contributed by atoms with Crippen molar-refractivity contribution >= 4 is 22.9 Å². The summed E-state index contributed by atoms with van der Waals surface area (Å²) in [5.41, 5.74) is -0.582. The maximum absolute atomic E-state index is 12.4. The first-order valence-electron chi connectivity index (χ1n) is 6.74. The molecule has 1 fully saturated rings. The molecule has 0 spiro atoms. The van der Waals surface area contributed by atoms with Crippen LogP contribution in [0.4, 0.5) is 5.69 Å². The Hall–Kier alpha value is -2.48. The van der Waals surface area contributed by atoms with Crippen LogP contribution in [0.3, 0.4) is 0 Å². The van der Waals surface area contributed by atoms with Gasteiger partial charge in [0.05, 0.1) is 16.5 Å². The molecule has 2 aromatic rings. The molecule has 8 heteroatoms. The molecule has 0 radical (unpaired) electrons. The second kappa shape index (κ2) is 5.72. The van der Waals surface area contributed by atoms with E-state index in [0.717, 1.165) is 23.9 Å². The second-order valence-electron chi connectivity index (χ2n) is 5.09. The summed E-state index contributed by atoms with van der Waals surface area (Å²) in [6, 6.07) is 3.68. The van der Waals surface area contributed by atoms with Crippen molar-refractivity contribution in [2.24, 2.45) is 5.92 Å². The summed E-state index contributed by atoms with van der Waals surface area (Å²) in [5.74, 6) is -0.817. The Morgan fingerprint density at radius 3 is 2.86 bits per heavy atom. The van der Waals surface area contributed by atoms with Crippen LogP contribution < -0.4 is 5.32 Å². The number of phenols is 1. The van der Waals surface area contributed by atoms with Crippen LogP contribution in [0.5, 0.6) is 5.75 Å². The third-order valence-corrected chi connectivity index (χ3v) is 4.41. The van der Waals surface area contributed by atoms with E-state index in [9.17, 15) is 20.0 Å². The number of hydrogen-bond donors (Lipinski definition) is 2. The number of nitro benzene ring substituents is 1. The van der Waals surface area contributed by atoms with Crippen LogP contribution >= 0.6 is 11.3 Å². The number of thiazole rings is 1. The number of carbonyl (C=O) groups is 1. The summed E-state index contributed by atoms with van der Waals surface area (Å²) in [7, 11) is 0. The monoisotopic (exact) mass is 319 g/mol. The van der Waals surface area contributed by atoms with Crippen LogP contribution in [0.1, 0.15) is 34.2 Å². The average molecular weight is 319 g/mol. The van der Waals surface area contributed by atoms with Crippen molar-refractivity contribution in [1.82, 2.24) is 10.3 Å². The van der Waals surface area contributed by atoms with Gasteiger partial charge in [-0.1, -0.05) is 6.07 Å². The van der Waals surface area contributed by atoms with Crippen molar-refractivity contribution in [3.05, 3.63) is 50.5 Å². The van der Waals surface area contributed by atoms with E-state index >= 15 is 0 Å². The molecule has 1 aromatic heterocycles. The Labute approximate surface area is 129 Å². The highest BCUT2D eigenvalue weighted by Crippen LogP contribution is 2.42. The van der Waals surface area contributed by atoms with E-state index in [1.165, 1.54) is 23.5 Å². The van der Waals surface area contributed by atoms with Gasteiger partial charge in [-0.3, -0.25) is 14.9 Å². The van der Waals surface area contributed by atoms with E-state index in [4.69, 9.17) is 0 Å². The van der Waals surface area contributed by atoms with Crippen molar-refractivity contribution < 1.29 is 14.8 Å². The molecule has 1 aliphatic carbocycles. The number of aromatic hydroxyl groups is 1. The topological polar surface area (TPSA) is 105 Å². The Bertz CT molecular complexity index is 713. The molecule has 2 N–H and O–H groups in total. The van der Waals surface area contributed by atoms with Gasteiger partial charge in [-0.25, -0.2) is 4.98 Å². The summed E-state index contributed by atoms with van der Waals surface area (Å²) in [6.07, 6.45) is 3.68. The predicted octanol–water partition coefficient (Wildman–Crippen LogP) is 2.64. The lowest BCUT2D eigenvalue weighted by Crippen LogP contribution is -2.29. The molecule has 1 atom stereocenters. The van der Waals surface area contributed by atoms with Crippen LogP contribution in [0.2, 0.25) is 0 Å². The first kappa shape index (κ1) is 14.5. The van der Waals surface area contributed by atoms with E-state index in [-0.39, 0.29) is 11.6 Å². The van der Waals surface area contributed by atoms with Gasteiger partial charge in [0.15, 0.2) is 0 Å². The lowest BCUT2D eigenvalue weighted by molar-refractivity contribution is -0.385. The maximum atomic E-state index is 12.4. The van der Waals surface area contributed by atoms with Crippen LogP contribution in [-0.4, -0.2) is 20.9 Å². The summed E-state index contributed by atoms with van der Waals surface area (Å²) in [6.45, 7) is 0. The number of benzene rings is 1. The second-order valence-corrected chi connectivity index (χ2v) is 6.02. The van der Waals surface area contributed by atoms with Gasteiger partial charge in [-0.05, 0) is 24.8 Å². The Balaban J connectivity index is 1.85. The molecule has 0 unspecified atom stereocenters. The number of aromatic nitrogens is 1. The quantitative estimate of drug-likeness (QED) is 0.651. The number of amides is 1. The molecule has 1 saturated carbocycles. The Kier molecular flexibility index (Phi) is 3.76. The van der Waals surface area contributed by atoms with Crippen molar-refractivity contribution in [2.45, 2.75) is 18.9 Å². The summed E-state index contributed by atoms with van der Waals surface area (Å²) in [5, 5.41) is 26.2. The zero-order chi connectivity index (χ0) is 15.7. The first-order valence-corrected chi connectivity index (χ1v) is 7.62. The summed E-state index contributed by atoms with van der Waals surface area (Å²) >= 11 is 1.45. The lowest BCUT2D eigenvalue weighted by Gasteiger charge is -2.16. The van der Waals surface area contributed by atoms with Gasteiger partial charge in [0.2, 0.25) is 5.75 Å². The smallest absolute Gasteiger partial charge is 0.311 e. The van der Waals surface area contributed by atoms with Crippen LogP contribution in [0.25, 0.3) is 0 Å². The highest BCUT2D eigenvalue weighted by atomic mass is 32.1. The first-order chi connectivity index (χ1) is 10.6. The molecule has 1 aliphatic rings. The number of nitrogens with one attached hydrogen (secondary N) is 1. The molecular formula is C14H13N3O4S. The molecule has 7 nitrogen and oxygen atoms in total. The largest absolute Gasteiger partial charge is 0.502 e. The lowest BCUT2D eigenvalue weighted by atomic mass is 10.1. The van der Waals surface area contributed by atoms with Crippen LogP contribution in [0.15, 0.2) is 29.8 Å². The molecule has 114 valence electrons. The fourth-order valence-corrected chi connectivity index (χ4v) is 3.06. The zero-order valence-corrected chi connectivity index (χ0v) is 12.2. The molecular weight excluding hydrogens is 306 g/mol. The maximum Gasteiger partial charge on any atom is 0.311 e. The van der Waals surface area contributed by atoms with E-state index in [1.54, 1.807) is 6.20 Å². The third kappa shape index (κ3) is 2.77. The van der Waals surface area contributed by atoms with Gasteiger partial charge >= 0.3 is 5.69 Å². The molecule has 22 heavy (non-hydrogen) atoms. The highest BCUT2D eigenvalue weighted by Gasteiger charge is 2.35. The Morgan fingerprint density at radius 2 is 2.27 bits per heavy atom. The standard InChI is InChI=1S/C14H13N3O4S/c18-12-9(2-1-3-10(12)17(20)21)13(19)16-11(8-4-5-8)14-15-6-7-22-14/h1-3,6-8,11,18H,4-5H2,(H,16,19)/t11-/m1/s1. The van der Waals surface area contributed by atoms with Gasteiger partial charge in [0, 0.05) is 17.6 Å². The predicted molar refractivity (Wildman–Crippen MR) is 79.8 cm³/mol. The SMILES string of the molecule is O=C(N[C@@H](c1nccs1)C1CC1)c1cccc([N+](=O)[O-])c1O. The number of carbonyl (C=O) groups excluding carboxylic acids is 1. The minimum Gasteiger partial charge on any atom is -0.502 e. The number of nitrogens with zero attached hydrogens (tertiary/aromatic N) is 2. The molecule has 0 aliphatic heterocycles. The fraction of sp³-hybridized carbons (Fsp3) is 0.286. The number of rotatable bonds is 5. The van der Waals surface area contributed by atoms with E-state index in [1.807, 2.05) is 5.38 Å². The molecule has 3 rings (SSSR count). The number of hydrogen-bond acceptors (Lipinski definition) is 6. The van der Waals surface area contributed by atoms with Gasteiger partial charge < -0.3 is 10.4 Å². The molecule has 1 aromatic carbocycles. The average Bonchev–Trinajstić information content (AvgIpc) is 3.18. The van der Waals surface area contributed by atoms with Crippen LogP contribution in [-0.2, 0) is 0 Å². The summed E-state index contributed by atoms with van der Waals surface area (Å²) in [4.78, 5) is 26.7. The van der Waals surface area contributed by atoms with Gasteiger partial charge in [-0.15, -0.1) is 11.3 Å². The third-order valence-electron chi connectivity index (χ3n) is 3.55. The fourth-order valence-electron chi connectivity index (χ4n) is 2.28. The number of para-hydroxylation sites is 1. The van der Waals surface area contributed by atoms with Crippen molar-refractivity contribution in [3.8, 4) is 5.75 Å². The van der Waals surface area contributed by atoms with Gasteiger partial charge in [0.25, 0.3) is 5.91 Å². The minimum atomic E-state index is -0.717. The molecule has 0 saturated heterocycles. The van der Waals surface area contributed by atoms with Crippen LogP contribution in [0, 0.1) is 16.0 Å². The zero-order valence-electron chi connectivity index (χ0n) is 11.4. The molecule has 0 bridgehead atoms. The Morgan fingerprint density at radius 1 is 1.50 bits per heavy atom. The van der Waals surface area contributed by atoms with E-state index < -0.39 is 22.3 Å². The van der Waals surface area contributed by atoms with E-state index in [2.05, 4.69) is 10.3 Å². The highest BCUT2D eigenvalue weighted by molar-refractivity contribution is 7.09. The van der Waals surface area contributed by atoms with Crippen molar-refractivity contribution in [3.63, 3.8) is 0 Å². The molecule has 1 heterocycles. The van der Waals surface area contributed by atoms with Crippen molar-refractivity contribution in [1.29, 1.82) is 0 Å². The summed E-state index contributed by atoms with van der Waals surface area (Å²) < 4.78 is 0. The minimum absolute atomic E-state index is 0.101. The normalized spacial score (nSPS) is 15.3. The van der Waals surface area contributed by atoms with Crippen molar-refractivity contribution in [2.75, 3.05) is 0 Å². The number of phenolic OH excluding ortho intramolecular Hbond substituents is 1.